The van der Waals surface area contributed by atoms with Gasteiger partial charge < -0.3 is 14.2 Å². The minimum atomic E-state index is -5.88. The SMILES string of the molecule is CC(C)(C)C1C2CC(C(=O)OC3C4CC5C3OC(=O)C5C4C(=O)OC(C(F)(F)F)C(F)(F)F)C(C2)C1C(C)(C)C. The quantitative estimate of drug-likeness (QED) is 0.240. The second kappa shape index (κ2) is 8.99. The van der Waals surface area contributed by atoms with E-state index in [0.717, 1.165) is 6.42 Å². The van der Waals surface area contributed by atoms with E-state index in [4.69, 9.17) is 9.47 Å². The van der Waals surface area contributed by atoms with E-state index in [1.807, 2.05) is 0 Å². The Bertz CT molecular complexity index is 1060. The molecule has 1 heterocycles. The molecule has 40 heavy (non-hydrogen) atoms. The molecular formula is C28H36F6O6. The Labute approximate surface area is 228 Å². The van der Waals surface area contributed by atoms with Gasteiger partial charge in [-0.2, -0.15) is 26.3 Å². The van der Waals surface area contributed by atoms with Gasteiger partial charge in [0.2, 0.25) is 0 Å². The zero-order valence-corrected chi connectivity index (χ0v) is 23.3. The largest absolute Gasteiger partial charge is 0.458 e. The molecule has 5 aliphatic rings. The minimum absolute atomic E-state index is 0.0299. The van der Waals surface area contributed by atoms with E-state index in [2.05, 4.69) is 46.3 Å². The van der Waals surface area contributed by atoms with Crippen molar-refractivity contribution in [3.05, 3.63) is 0 Å². The van der Waals surface area contributed by atoms with Crippen molar-refractivity contribution >= 4 is 17.9 Å². The van der Waals surface area contributed by atoms with Crippen LogP contribution in [0.3, 0.4) is 0 Å². The van der Waals surface area contributed by atoms with Gasteiger partial charge in [-0.25, -0.2) is 0 Å². The van der Waals surface area contributed by atoms with Crippen molar-refractivity contribution in [2.24, 2.45) is 64.1 Å². The highest BCUT2D eigenvalue weighted by atomic mass is 19.4. The lowest BCUT2D eigenvalue weighted by molar-refractivity contribution is -0.315. The fraction of sp³-hybridized carbons (Fsp3) is 0.893. The summed E-state index contributed by atoms with van der Waals surface area (Å²) < 4.78 is 93.6. The molecule has 12 heteroatoms. The fourth-order valence-corrected chi connectivity index (χ4v) is 9.26. The molecule has 0 aromatic heterocycles. The molecule has 4 bridgehead atoms. The molecule has 0 radical (unpaired) electrons. The van der Waals surface area contributed by atoms with Crippen LogP contribution in [-0.2, 0) is 28.6 Å². The molecule has 0 amide bonds. The first-order valence-electron chi connectivity index (χ1n) is 13.9. The molecule has 5 fully saturated rings. The molecule has 0 N–H and O–H groups in total. The van der Waals surface area contributed by atoms with Crippen LogP contribution in [0.15, 0.2) is 0 Å². The van der Waals surface area contributed by atoms with Gasteiger partial charge in [-0.15, -0.1) is 0 Å². The molecule has 1 aliphatic heterocycles. The molecule has 0 aromatic rings. The summed E-state index contributed by atoms with van der Waals surface area (Å²) in [5, 5.41) is 0. The van der Waals surface area contributed by atoms with Crippen LogP contribution in [0.2, 0.25) is 0 Å². The fourth-order valence-electron chi connectivity index (χ4n) is 9.26. The van der Waals surface area contributed by atoms with Crippen LogP contribution in [0.5, 0.6) is 0 Å². The Morgan fingerprint density at radius 2 is 1.38 bits per heavy atom. The van der Waals surface area contributed by atoms with E-state index < -0.39 is 78.2 Å². The van der Waals surface area contributed by atoms with Crippen molar-refractivity contribution in [3.8, 4) is 0 Å². The number of hydrogen-bond acceptors (Lipinski definition) is 6. The number of esters is 3. The van der Waals surface area contributed by atoms with Gasteiger partial charge in [0.25, 0.3) is 6.10 Å². The second-order valence-electron chi connectivity index (χ2n) is 14.6. The Hall–Kier alpha value is -2.01. The number of carbonyl (C=O) groups excluding carboxylic acids is 3. The van der Waals surface area contributed by atoms with Gasteiger partial charge in [-0.05, 0) is 53.8 Å². The van der Waals surface area contributed by atoms with Gasteiger partial charge in [0, 0.05) is 11.8 Å². The number of halogens is 6. The third-order valence-corrected chi connectivity index (χ3v) is 10.2. The number of hydrogen-bond donors (Lipinski definition) is 0. The Morgan fingerprint density at radius 1 is 0.800 bits per heavy atom. The van der Waals surface area contributed by atoms with Crippen LogP contribution in [0.1, 0.15) is 60.8 Å². The first-order valence-corrected chi connectivity index (χ1v) is 13.9. The van der Waals surface area contributed by atoms with Crippen LogP contribution in [0.25, 0.3) is 0 Å². The van der Waals surface area contributed by atoms with Crippen LogP contribution < -0.4 is 0 Å². The molecule has 11 atom stereocenters. The summed E-state index contributed by atoms with van der Waals surface area (Å²) in [6.07, 6.45) is -16.5. The maximum atomic E-state index is 13.6. The highest BCUT2D eigenvalue weighted by molar-refractivity contribution is 5.86. The number of alkyl halides is 6. The lowest BCUT2D eigenvalue weighted by Gasteiger charge is -2.48. The normalized spacial score (nSPS) is 40.6. The van der Waals surface area contributed by atoms with Gasteiger partial charge in [0.1, 0.15) is 12.2 Å². The van der Waals surface area contributed by atoms with Crippen LogP contribution in [-0.4, -0.2) is 48.6 Å². The molecule has 4 saturated carbocycles. The highest BCUT2D eigenvalue weighted by Gasteiger charge is 2.72. The standard InChI is InChI=1S/C28H36F6O6/c1-25(2,3)17-10-7-11(18(17)26(4,5)6)12(8-10)21(35)38-19-14-9-13-15(22(36)39-20(13)19)16(14)23(37)40-24(27(29,30)31)28(32,33)34/h10-20,24H,7-9H2,1-6H3. The van der Waals surface area contributed by atoms with Crippen molar-refractivity contribution < 1.29 is 54.9 Å². The van der Waals surface area contributed by atoms with E-state index in [0.29, 0.717) is 18.3 Å². The van der Waals surface area contributed by atoms with Crippen molar-refractivity contribution in [1.82, 2.24) is 0 Å². The van der Waals surface area contributed by atoms with E-state index in [-0.39, 0.29) is 29.1 Å². The maximum Gasteiger partial charge on any atom is 0.434 e. The van der Waals surface area contributed by atoms with Crippen molar-refractivity contribution in [2.75, 3.05) is 0 Å². The summed E-state index contributed by atoms with van der Waals surface area (Å²) in [6, 6.07) is 0. The van der Waals surface area contributed by atoms with Gasteiger partial charge in [0.15, 0.2) is 0 Å². The zero-order chi connectivity index (χ0) is 29.9. The molecule has 226 valence electrons. The minimum Gasteiger partial charge on any atom is -0.458 e. The van der Waals surface area contributed by atoms with Gasteiger partial charge in [-0.3, -0.25) is 14.4 Å². The number of fused-ring (bicyclic) bond motifs is 3. The van der Waals surface area contributed by atoms with E-state index in [1.165, 1.54) is 0 Å². The highest BCUT2D eigenvalue weighted by Crippen LogP contribution is 2.65. The van der Waals surface area contributed by atoms with Crippen molar-refractivity contribution in [1.29, 1.82) is 0 Å². The van der Waals surface area contributed by atoms with E-state index >= 15 is 0 Å². The van der Waals surface area contributed by atoms with Crippen LogP contribution >= 0.6 is 0 Å². The van der Waals surface area contributed by atoms with E-state index in [1.54, 1.807) is 0 Å². The molecular weight excluding hydrogens is 546 g/mol. The van der Waals surface area contributed by atoms with Crippen LogP contribution in [0, 0.1) is 64.1 Å². The molecule has 1 saturated heterocycles. The zero-order valence-electron chi connectivity index (χ0n) is 23.3. The lowest BCUT2D eigenvalue weighted by atomic mass is 9.57. The maximum absolute atomic E-state index is 13.6. The Balaban J connectivity index is 1.35. The lowest BCUT2D eigenvalue weighted by Crippen LogP contribution is -2.50. The molecule has 5 rings (SSSR count). The first kappa shape index (κ1) is 29.5. The summed E-state index contributed by atoms with van der Waals surface area (Å²) in [4.78, 5) is 38.9. The van der Waals surface area contributed by atoms with Crippen LogP contribution in [0.4, 0.5) is 26.3 Å². The smallest absolute Gasteiger partial charge is 0.434 e. The summed E-state index contributed by atoms with van der Waals surface area (Å²) in [5.41, 5.74) is -0.0541. The second-order valence-corrected chi connectivity index (χ2v) is 14.6. The van der Waals surface area contributed by atoms with Gasteiger partial charge >= 0.3 is 30.3 Å². The molecule has 0 spiro atoms. The number of ether oxygens (including phenoxy) is 3. The predicted octanol–water partition coefficient (Wildman–Crippen LogP) is 5.72. The van der Waals surface area contributed by atoms with Gasteiger partial charge in [-0.1, -0.05) is 41.5 Å². The average Bonchev–Trinajstić information content (AvgIpc) is 3.54. The monoisotopic (exact) mass is 582 g/mol. The molecule has 4 aliphatic carbocycles. The Morgan fingerprint density at radius 3 is 1.90 bits per heavy atom. The summed E-state index contributed by atoms with van der Waals surface area (Å²) in [7, 11) is 0. The molecule has 6 nitrogen and oxygen atoms in total. The summed E-state index contributed by atoms with van der Waals surface area (Å²) >= 11 is 0. The van der Waals surface area contributed by atoms with Crippen molar-refractivity contribution in [2.45, 2.75) is 91.5 Å². The van der Waals surface area contributed by atoms with Gasteiger partial charge in [0.05, 0.1) is 17.8 Å². The summed E-state index contributed by atoms with van der Waals surface area (Å²) in [6.45, 7) is 13.1. The van der Waals surface area contributed by atoms with Crippen molar-refractivity contribution in [3.63, 3.8) is 0 Å². The third-order valence-electron chi connectivity index (χ3n) is 10.2. The predicted molar refractivity (Wildman–Crippen MR) is 126 cm³/mol. The Kier molecular flexibility index (Phi) is 6.63. The molecule has 11 unspecified atom stereocenters. The molecule has 0 aromatic carbocycles. The first-order chi connectivity index (χ1) is 18.1. The average molecular weight is 583 g/mol. The van der Waals surface area contributed by atoms with E-state index in [9.17, 15) is 40.7 Å². The summed E-state index contributed by atoms with van der Waals surface area (Å²) in [5.74, 6) is -7.06. The third kappa shape index (κ3) is 4.59. The topological polar surface area (TPSA) is 78.9 Å². The number of carbonyl (C=O) groups is 3. The number of rotatable bonds is 4.